The molecule has 86 valence electrons. The third-order valence-electron chi connectivity index (χ3n) is 2.70. The highest BCUT2D eigenvalue weighted by molar-refractivity contribution is 5.77. The molecule has 0 spiro atoms. The summed E-state index contributed by atoms with van der Waals surface area (Å²) < 4.78 is 1.81. The van der Waals surface area contributed by atoms with E-state index in [-0.39, 0.29) is 0 Å². The van der Waals surface area contributed by atoms with Gasteiger partial charge in [0.1, 0.15) is 5.82 Å². The Morgan fingerprint density at radius 1 is 1.06 bits per heavy atom. The van der Waals surface area contributed by atoms with Crippen LogP contribution in [0.1, 0.15) is 51.0 Å². The lowest BCUT2D eigenvalue weighted by molar-refractivity contribution is 0.728. The molecule has 0 radical (unpaired) electrons. The van der Waals surface area contributed by atoms with Crippen LogP contribution in [-0.2, 0) is 7.05 Å². The first-order valence-electron chi connectivity index (χ1n) is 5.70. The summed E-state index contributed by atoms with van der Waals surface area (Å²) in [5.41, 5.74) is 2.03. The van der Waals surface area contributed by atoms with Gasteiger partial charge in [0.05, 0.1) is 17.3 Å². The van der Waals surface area contributed by atoms with Crippen LogP contribution in [0, 0.1) is 0 Å². The van der Waals surface area contributed by atoms with Gasteiger partial charge in [-0.05, 0) is 5.92 Å². The fraction of sp³-hybridized carbons (Fsp3) is 0.583. The molecule has 0 fully saturated rings. The fourth-order valence-electron chi connectivity index (χ4n) is 1.76. The molecule has 16 heavy (non-hydrogen) atoms. The molecule has 2 aromatic rings. The van der Waals surface area contributed by atoms with Crippen LogP contribution in [0.5, 0.6) is 0 Å². The summed E-state index contributed by atoms with van der Waals surface area (Å²) in [6.45, 7) is 8.53. The summed E-state index contributed by atoms with van der Waals surface area (Å²) >= 11 is 0. The molecule has 0 amide bonds. The van der Waals surface area contributed by atoms with Gasteiger partial charge < -0.3 is 0 Å². The van der Waals surface area contributed by atoms with Crippen LogP contribution in [0.4, 0.5) is 0 Å². The second kappa shape index (κ2) is 3.85. The van der Waals surface area contributed by atoms with Gasteiger partial charge in [-0.1, -0.05) is 27.7 Å². The number of aryl methyl sites for hydroxylation is 1. The second-order valence-corrected chi connectivity index (χ2v) is 4.78. The van der Waals surface area contributed by atoms with Crippen LogP contribution in [0.15, 0.2) is 6.20 Å². The van der Waals surface area contributed by atoms with Crippen LogP contribution >= 0.6 is 0 Å². The summed E-state index contributed by atoms with van der Waals surface area (Å²) in [6.07, 6.45) is 1.86. The maximum Gasteiger partial charge on any atom is 0.161 e. The van der Waals surface area contributed by atoms with E-state index in [0.29, 0.717) is 11.8 Å². The number of hydrogen-bond acceptors (Lipinski definition) is 3. The maximum absolute atomic E-state index is 4.65. The molecule has 4 nitrogen and oxygen atoms in total. The van der Waals surface area contributed by atoms with Crippen LogP contribution in [0.2, 0.25) is 0 Å². The van der Waals surface area contributed by atoms with E-state index in [2.05, 4.69) is 42.8 Å². The van der Waals surface area contributed by atoms with Crippen molar-refractivity contribution >= 4 is 11.0 Å². The second-order valence-electron chi connectivity index (χ2n) is 4.78. The molecule has 0 bridgehead atoms. The standard InChI is InChI=1S/C12H18N4/c1-7(2)10-9-6-13-16(5)12(9)15-11(14-10)8(3)4/h6-8H,1-5H3. The summed E-state index contributed by atoms with van der Waals surface area (Å²) in [4.78, 5) is 9.22. The van der Waals surface area contributed by atoms with Crippen molar-refractivity contribution in [2.45, 2.75) is 39.5 Å². The highest BCUT2D eigenvalue weighted by atomic mass is 15.3. The first-order chi connectivity index (χ1) is 7.50. The van der Waals surface area contributed by atoms with Crippen molar-refractivity contribution in [3.63, 3.8) is 0 Å². The minimum atomic E-state index is 0.344. The van der Waals surface area contributed by atoms with Gasteiger partial charge in [-0.15, -0.1) is 0 Å². The van der Waals surface area contributed by atoms with Crippen molar-refractivity contribution in [3.8, 4) is 0 Å². The number of nitrogens with zero attached hydrogens (tertiary/aromatic N) is 4. The third kappa shape index (κ3) is 1.68. The van der Waals surface area contributed by atoms with E-state index in [9.17, 15) is 0 Å². The van der Waals surface area contributed by atoms with Crippen molar-refractivity contribution < 1.29 is 0 Å². The lowest BCUT2D eigenvalue weighted by atomic mass is 10.1. The predicted molar refractivity (Wildman–Crippen MR) is 64.5 cm³/mol. The maximum atomic E-state index is 4.65. The molecule has 2 rings (SSSR count). The first kappa shape index (κ1) is 11.0. The molecular formula is C12H18N4. The summed E-state index contributed by atoms with van der Waals surface area (Å²) in [5, 5.41) is 5.32. The first-order valence-corrected chi connectivity index (χ1v) is 5.70. The Morgan fingerprint density at radius 2 is 1.75 bits per heavy atom. The highest BCUT2D eigenvalue weighted by Gasteiger charge is 2.15. The average molecular weight is 218 g/mol. The van der Waals surface area contributed by atoms with E-state index >= 15 is 0 Å². The van der Waals surface area contributed by atoms with Crippen LogP contribution in [0.25, 0.3) is 11.0 Å². The normalized spacial score (nSPS) is 11.9. The summed E-state index contributed by atoms with van der Waals surface area (Å²) in [7, 11) is 1.92. The van der Waals surface area contributed by atoms with E-state index in [1.54, 1.807) is 0 Å². The minimum Gasteiger partial charge on any atom is -0.250 e. The molecule has 0 atom stereocenters. The van der Waals surface area contributed by atoms with E-state index in [0.717, 1.165) is 22.6 Å². The lowest BCUT2D eigenvalue weighted by Gasteiger charge is -2.10. The van der Waals surface area contributed by atoms with Crippen LogP contribution < -0.4 is 0 Å². The van der Waals surface area contributed by atoms with Crippen LogP contribution in [0.3, 0.4) is 0 Å². The Hall–Kier alpha value is -1.45. The number of hydrogen-bond donors (Lipinski definition) is 0. The lowest BCUT2D eigenvalue weighted by Crippen LogP contribution is -2.05. The van der Waals surface area contributed by atoms with E-state index in [1.165, 1.54) is 0 Å². The van der Waals surface area contributed by atoms with Gasteiger partial charge in [0.25, 0.3) is 0 Å². The molecule has 4 heteroatoms. The van der Waals surface area contributed by atoms with Gasteiger partial charge in [-0.3, -0.25) is 4.68 Å². The Balaban J connectivity index is 2.75. The average Bonchev–Trinajstić information content (AvgIpc) is 2.59. The van der Waals surface area contributed by atoms with Gasteiger partial charge in [0.15, 0.2) is 5.65 Å². The van der Waals surface area contributed by atoms with E-state index in [4.69, 9.17) is 0 Å². The zero-order valence-corrected chi connectivity index (χ0v) is 10.5. The topological polar surface area (TPSA) is 43.6 Å². The van der Waals surface area contributed by atoms with E-state index in [1.807, 2.05) is 17.9 Å². The zero-order chi connectivity index (χ0) is 11.9. The van der Waals surface area contributed by atoms with Crippen molar-refractivity contribution in [2.24, 2.45) is 7.05 Å². The quantitative estimate of drug-likeness (QED) is 0.778. The molecule has 0 saturated heterocycles. The molecule has 0 saturated carbocycles. The Bertz CT molecular complexity index is 511. The van der Waals surface area contributed by atoms with Gasteiger partial charge in [-0.2, -0.15) is 5.10 Å². The molecule has 0 aliphatic carbocycles. The molecule has 0 aliphatic rings. The summed E-state index contributed by atoms with van der Waals surface area (Å²) in [5.74, 6) is 1.64. The van der Waals surface area contributed by atoms with Gasteiger partial charge in [0, 0.05) is 13.0 Å². The van der Waals surface area contributed by atoms with Gasteiger partial charge in [0.2, 0.25) is 0 Å². The van der Waals surface area contributed by atoms with Crippen molar-refractivity contribution in [1.82, 2.24) is 19.7 Å². The monoisotopic (exact) mass is 218 g/mol. The number of fused-ring (bicyclic) bond motifs is 1. The van der Waals surface area contributed by atoms with Crippen molar-refractivity contribution in [1.29, 1.82) is 0 Å². The van der Waals surface area contributed by atoms with Crippen molar-refractivity contribution in [2.75, 3.05) is 0 Å². The Labute approximate surface area is 95.7 Å². The fourth-order valence-corrected chi connectivity index (χ4v) is 1.76. The smallest absolute Gasteiger partial charge is 0.161 e. The molecular weight excluding hydrogens is 200 g/mol. The Kier molecular flexibility index (Phi) is 2.66. The van der Waals surface area contributed by atoms with E-state index < -0.39 is 0 Å². The van der Waals surface area contributed by atoms with Gasteiger partial charge in [-0.25, -0.2) is 9.97 Å². The molecule has 0 unspecified atom stereocenters. The third-order valence-corrected chi connectivity index (χ3v) is 2.70. The van der Waals surface area contributed by atoms with Crippen LogP contribution in [-0.4, -0.2) is 19.7 Å². The number of rotatable bonds is 2. The number of aromatic nitrogens is 4. The predicted octanol–water partition coefficient (Wildman–Crippen LogP) is 2.61. The minimum absolute atomic E-state index is 0.344. The van der Waals surface area contributed by atoms with Crippen molar-refractivity contribution in [3.05, 3.63) is 17.7 Å². The van der Waals surface area contributed by atoms with Gasteiger partial charge >= 0.3 is 0 Å². The molecule has 0 aliphatic heterocycles. The Morgan fingerprint density at radius 3 is 2.31 bits per heavy atom. The largest absolute Gasteiger partial charge is 0.250 e. The zero-order valence-electron chi connectivity index (χ0n) is 10.5. The molecule has 2 heterocycles. The SMILES string of the molecule is CC(C)c1nc(C(C)C)c2cnn(C)c2n1. The molecule has 0 aromatic carbocycles. The molecule has 2 aromatic heterocycles. The summed E-state index contributed by atoms with van der Waals surface area (Å²) in [6, 6.07) is 0. The highest BCUT2D eigenvalue weighted by Crippen LogP contribution is 2.24. The molecule has 0 N–H and O–H groups in total.